The van der Waals surface area contributed by atoms with Crippen LogP contribution in [0.25, 0.3) is 0 Å². The van der Waals surface area contributed by atoms with Crippen molar-refractivity contribution in [2.45, 2.75) is 32.2 Å². The second-order valence-electron chi connectivity index (χ2n) is 5.54. The van der Waals surface area contributed by atoms with E-state index >= 15 is 0 Å². The minimum Gasteiger partial charge on any atom is -0.393 e. The van der Waals surface area contributed by atoms with Gasteiger partial charge in [0.2, 0.25) is 5.91 Å². The molecule has 2 heterocycles. The number of carbonyl (C=O) groups excluding carboxylic acids is 1. The Hall–Kier alpha value is -0.980. The highest BCUT2D eigenvalue weighted by Gasteiger charge is 2.25. The Labute approximate surface area is 135 Å². The third kappa shape index (κ3) is 4.25. The third-order valence-corrected chi connectivity index (χ3v) is 5.34. The molecular formula is C15H23N3OS2. The lowest BCUT2D eigenvalue weighted by atomic mass is 10.0. The smallest absolute Gasteiger partial charge is 0.223 e. The van der Waals surface area contributed by atoms with Crippen molar-refractivity contribution < 1.29 is 4.79 Å². The molecular weight excluding hydrogens is 302 g/mol. The zero-order chi connectivity index (χ0) is 15.4. The van der Waals surface area contributed by atoms with Crippen molar-refractivity contribution in [1.82, 2.24) is 9.80 Å². The van der Waals surface area contributed by atoms with Gasteiger partial charge in [0, 0.05) is 50.4 Å². The lowest BCUT2D eigenvalue weighted by Crippen LogP contribution is -2.37. The number of thiophene rings is 1. The molecule has 6 heteroatoms. The summed E-state index contributed by atoms with van der Waals surface area (Å²) in [7, 11) is 1.82. The highest BCUT2D eigenvalue weighted by Crippen LogP contribution is 2.32. The third-order valence-electron chi connectivity index (χ3n) is 4.14. The van der Waals surface area contributed by atoms with Gasteiger partial charge in [0.15, 0.2) is 0 Å². The summed E-state index contributed by atoms with van der Waals surface area (Å²) in [5.41, 5.74) is 6.90. The van der Waals surface area contributed by atoms with Gasteiger partial charge in [0.25, 0.3) is 0 Å². The summed E-state index contributed by atoms with van der Waals surface area (Å²) in [5, 5.41) is 2.17. The first-order valence-electron chi connectivity index (χ1n) is 7.31. The zero-order valence-corrected chi connectivity index (χ0v) is 14.3. The van der Waals surface area contributed by atoms with Crippen molar-refractivity contribution in [3.63, 3.8) is 0 Å². The van der Waals surface area contributed by atoms with Crippen LogP contribution >= 0.6 is 23.6 Å². The van der Waals surface area contributed by atoms with Crippen molar-refractivity contribution in [2.24, 2.45) is 5.73 Å². The molecule has 0 saturated heterocycles. The zero-order valence-electron chi connectivity index (χ0n) is 12.7. The fourth-order valence-corrected chi connectivity index (χ4v) is 3.75. The standard InChI is InChI=1S/C15H23N3OS2/c1-11-12-6-10-21-13(12)3-8-18(11)9-5-15(19)17(2)7-4-14(16)20/h6,10-11H,3-5,7-9H2,1-2H3,(H2,16,20). The predicted octanol–water partition coefficient (Wildman–Crippen LogP) is 2.19. The number of fused-ring (bicyclic) bond motifs is 1. The minimum atomic E-state index is 0.162. The van der Waals surface area contributed by atoms with Crippen LogP contribution in [0.15, 0.2) is 11.4 Å². The summed E-state index contributed by atoms with van der Waals surface area (Å²) in [6.45, 7) is 4.69. The molecule has 0 fully saturated rings. The van der Waals surface area contributed by atoms with Crippen LogP contribution in [0.4, 0.5) is 0 Å². The first-order valence-corrected chi connectivity index (χ1v) is 8.60. The molecule has 1 aromatic rings. The molecule has 116 valence electrons. The van der Waals surface area contributed by atoms with E-state index in [2.05, 4.69) is 23.3 Å². The quantitative estimate of drug-likeness (QED) is 0.815. The lowest BCUT2D eigenvalue weighted by molar-refractivity contribution is -0.130. The summed E-state index contributed by atoms with van der Waals surface area (Å²) in [6, 6.07) is 2.63. The Morgan fingerprint density at radius 2 is 2.33 bits per heavy atom. The molecule has 4 nitrogen and oxygen atoms in total. The molecule has 0 saturated carbocycles. The van der Waals surface area contributed by atoms with Crippen LogP contribution in [0.2, 0.25) is 0 Å². The molecule has 1 amide bonds. The largest absolute Gasteiger partial charge is 0.393 e. The fourth-order valence-electron chi connectivity index (χ4n) is 2.70. The number of thiocarbonyl (C=S) groups is 1. The van der Waals surface area contributed by atoms with Gasteiger partial charge >= 0.3 is 0 Å². The van der Waals surface area contributed by atoms with Crippen LogP contribution in [-0.2, 0) is 11.2 Å². The molecule has 1 aromatic heterocycles. The maximum Gasteiger partial charge on any atom is 0.223 e. The average Bonchev–Trinajstić information content (AvgIpc) is 2.93. The normalized spacial score (nSPS) is 18.3. The predicted molar refractivity (Wildman–Crippen MR) is 91.7 cm³/mol. The monoisotopic (exact) mass is 325 g/mol. The van der Waals surface area contributed by atoms with E-state index in [1.54, 1.807) is 4.90 Å². The van der Waals surface area contributed by atoms with Crippen molar-refractivity contribution in [2.75, 3.05) is 26.7 Å². The Morgan fingerprint density at radius 3 is 3.05 bits per heavy atom. The first kappa shape index (κ1) is 16.4. The minimum absolute atomic E-state index is 0.162. The summed E-state index contributed by atoms with van der Waals surface area (Å²) in [4.78, 5) is 18.2. The Bertz CT molecular complexity index is 515. The first-order chi connectivity index (χ1) is 9.99. The van der Waals surface area contributed by atoms with E-state index in [1.165, 1.54) is 10.4 Å². The number of hydrogen-bond acceptors (Lipinski definition) is 4. The van der Waals surface area contributed by atoms with Gasteiger partial charge in [-0.25, -0.2) is 0 Å². The van der Waals surface area contributed by atoms with Gasteiger partial charge in [-0.2, -0.15) is 0 Å². The molecule has 21 heavy (non-hydrogen) atoms. The molecule has 1 unspecified atom stereocenters. The van der Waals surface area contributed by atoms with Gasteiger partial charge < -0.3 is 10.6 Å². The van der Waals surface area contributed by atoms with Crippen molar-refractivity contribution in [1.29, 1.82) is 0 Å². The van der Waals surface area contributed by atoms with E-state index in [0.717, 1.165) is 19.5 Å². The molecule has 1 aliphatic heterocycles. The van der Waals surface area contributed by atoms with Gasteiger partial charge in [-0.3, -0.25) is 9.69 Å². The summed E-state index contributed by atoms with van der Waals surface area (Å²) in [5.74, 6) is 0.162. The van der Waals surface area contributed by atoms with E-state index in [-0.39, 0.29) is 5.91 Å². The Morgan fingerprint density at radius 1 is 1.57 bits per heavy atom. The summed E-state index contributed by atoms with van der Waals surface area (Å²) in [6.07, 6.45) is 2.25. The molecule has 0 radical (unpaired) electrons. The molecule has 0 bridgehead atoms. The van der Waals surface area contributed by atoms with Gasteiger partial charge in [-0.15, -0.1) is 11.3 Å². The summed E-state index contributed by atoms with van der Waals surface area (Å²) < 4.78 is 0. The number of hydrogen-bond donors (Lipinski definition) is 1. The molecule has 2 rings (SSSR count). The highest BCUT2D eigenvalue weighted by molar-refractivity contribution is 7.80. The van der Waals surface area contributed by atoms with E-state index in [4.69, 9.17) is 18.0 Å². The van der Waals surface area contributed by atoms with Crippen molar-refractivity contribution in [3.8, 4) is 0 Å². The molecule has 1 atom stereocenters. The van der Waals surface area contributed by atoms with Crippen molar-refractivity contribution >= 4 is 34.5 Å². The van der Waals surface area contributed by atoms with E-state index < -0.39 is 0 Å². The van der Waals surface area contributed by atoms with E-state index in [0.29, 0.717) is 30.4 Å². The van der Waals surface area contributed by atoms with Crippen LogP contribution in [-0.4, -0.2) is 47.4 Å². The number of carbonyl (C=O) groups is 1. The molecule has 0 aliphatic carbocycles. The maximum atomic E-state index is 12.1. The molecule has 2 N–H and O–H groups in total. The van der Waals surface area contributed by atoms with E-state index in [9.17, 15) is 4.79 Å². The topological polar surface area (TPSA) is 49.6 Å². The van der Waals surface area contributed by atoms with Gasteiger partial charge in [0.05, 0.1) is 4.99 Å². The van der Waals surface area contributed by atoms with Crippen LogP contribution in [0.3, 0.4) is 0 Å². The highest BCUT2D eigenvalue weighted by atomic mass is 32.1. The molecule has 0 aromatic carbocycles. The number of rotatable bonds is 6. The van der Waals surface area contributed by atoms with Crippen LogP contribution < -0.4 is 5.73 Å². The van der Waals surface area contributed by atoms with Gasteiger partial charge in [-0.1, -0.05) is 12.2 Å². The molecule has 0 spiro atoms. The summed E-state index contributed by atoms with van der Waals surface area (Å²) >= 11 is 6.69. The second-order valence-corrected chi connectivity index (χ2v) is 7.07. The number of nitrogens with two attached hydrogens (primary N) is 1. The van der Waals surface area contributed by atoms with Crippen molar-refractivity contribution in [3.05, 3.63) is 21.9 Å². The molecule has 1 aliphatic rings. The van der Waals surface area contributed by atoms with Crippen LogP contribution in [0.1, 0.15) is 36.2 Å². The van der Waals surface area contributed by atoms with Gasteiger partial charge in [0.1, 0.15) is 0 Å². The van der Waals surface area contributed by atoms with E-state index in [1.807, 2.05) is 18.4 Å². The lowest BCUT2D eigenvalue weighted by Gasteiger charge is -2.33. The van der Waals surface area contributed by atoms with Gasteiger partial charge in [-0.05, 0) is 30.4 Å². The Kier molecular flexibility index (Phi) is 5.72. The second kappa shape index (κ2) is 7.33. The Balaban J connectivity index is 1.81. The average molecular weight is 326 g/mol. The van der Waals surface area contributed by atoms with Crippen LogP contribution in [0.5, 0.6) is 0 Å². The number of nitrogens with zero attached hydrogens (tertiary/aromatic N) is 2. The number of amides is 1. The fraction of sp³-hybridized carbons (Fsp3) is 0.600. The maximum absolute atomic E-state index is 12.1. The SMILES string of the molecule is CC1c2ccsc2CCN1CCC(=O)N(C)CCC(N)=S. The van der Waals surface area contributed by atoms with Crippen LogP contribution in [0, 0.1) is 0 Å².